The molecule has 0 aliphatic heterocycles. The molecule has 2 aromatic carbocycles. The Morgan fingerprint density at radius 2 is 1.79 bits per heavy atom. The van der Waals surface area contributed by atoms with Crippen molar-refractivity contribution in [2.75, 3.05) is 0 Å². The van der Waals surface area contributed by atoms with E-state index in [2.05, 4.69) is 64.1 Å². The summed E-state index contributed by atoms with van der Waals surface area (Å²) < 4.78 is 7.86. The van der Waals surface area contributed by atoms with Gasteiger partial charge in [-0.25, -0.2) is 0 Å². The van der Waals surface area contributed by atoms with Crippen molar-refractivity contribution in [1.82, 2.24) is 14.5 Å². The first-order valence-corrected chi connectivity index (χ1v) is 9.58. The van der Waals surface area contributed by atoms with Crippen molar-refractivity contribution in [1.29, 1.82) is 0 Å². The first kappa shape index (κ1) is 16.1. The molecule has 0 N–H and O–H groups in total. The Morgan fingerprint density at radius 3 is 2.76 bits per heavy atom. The monoisotopic (exact) mass is 375 g/mol. The van der Waals surface area contributed by atoms with Crippen LogP contribution in [0.1, 0.15) is 5.56 Å². The number of hydrogen-bond donors (Lipinski definition) is 0. The molecule has 0 atom stereocenters. The van der Waals surface area contributed by atoms with Gasteiger partial charge in [-0.1, -0.05) is 12.1 Å². The number of furan rings is 1. The van der Waals surface area contributed by atoms with Gasteiger partial charge in [-0.05, 0) is 60.5 Å². The molecule has 0 bridgehead atoms. The third-order valence-electron chi connectivity index (χ3n) is 5.62. The van der Waals surface area contributed by atoms with Gasteiger partial charge in [-0.2, -0.15) is 0 Å². The van der Waals surface area contributed by atoms with E-state index in [1.165, 1.54) is 10.9 Å². The highest BCUT2D eigenvalue weighted by Gasteiger charge is 2.13. The minimum Gasteiger partial charge on any atom is -0.464 e. The second-order valence-corrected chi connectivity index (χ2v) is 7.23. The molecule has 4 heterocycles. The number of nitrogens with zero attached hydrogens (tertiary/aromatic N) is 3. The van der Waals surface area contributed by atoms with E-state index < -0.39 is 0 Å². The third-order valence-corrected chi connectivity index (χ3v) is 5.62. The van der Waals surface area contributed by atoms with Crippen molar-refractivity contribution in [3.8, 4) is 16.8 Å². The van der Waals surface area contributed by atoms with Crippen molar-refractivity contribution >= 4 is 32.9 Å². The lowest BCUT2D eigenvalue weighted by molar-refractivity contribution is 0.616. The molecule has 0 amide bonds. The summed E-state index contributed by atoms with van der Waals surface area (Å²) in [6, 6.07) is 20.8. The number of pyridine rings is 2. The molecule has 0 spiro atoms. The molecular formula is C25H17N3O. The van der Waals surface area contributed by atoms with E-state index in [9.17, 15) is 0 Å². The number of aromatic nitrogens is 3. The van der Waals surface area contributed by atoms with Gasteiger partial charge in [0.1, 0.15) is 5.58 Å². The molecule has 6 aromatic rings. The number of benzene rings is 2. The topological polar surface area (TPSA) is 43.9 Å². The van der Waals surface area contributed by atoms with Gasteiger partial charge in [0, 0.05) is 46.7 Å². The summed E-state index contributed by atoms with van der Waals surface area (Å²) in [5.41, 5.74) is 8.45. The number of rotatable bonds is 2. The van der Waals surface area contributed by atoms with E-state index in [0.29, 0.717) is 0 Å². The van der Waals surface area contributed by atoms with Crippen molar-refractivity contribution in [3.63, 3.8) is 0 Å². The van der Waals surface area contributed by atoms with Crippen LogP contribution in [0.2, 0.25) is 0 Å². The van der Waals surface area contributed by atoms with Crippen LogP contribution < -0.4 is 0 Å². The Labute approximate surface area is 167 Å². The summed E-state index contributed by atoms with van der Waals surface area (Å²) in [6.07, 6.45) is 7.53. The molecule has 4 nitrogen and oxygen atoms in total. The van der Waals surface area contributed by atoms with Crippen LogP contribution >= 0.6 is 0 Å². The predicted octanol–water partition coefficient (Wildman–Crippen LogP) is 6.30. The van der Waals surface area contributed by atoms with E-state index in [0.717, 1.165) is 44.3 Å². The highest BCUT2D eigenvalue weighted by atomic mass is 16.3. The van der Waals surface area contributed by atoms with E-state index in [1.54, 1.807) is 6.26 Å². The van der Waals surface area contributed by atoms with E-state index in [4.69, 9.17) is 4.42 Å². The molecule has 4 aromatic heterocycles. The van der Waals surface area contributed by atoms with Gasteiger partial charge in [0.2, 0.25) is 0 Å². The van der Waals surface area contributed by atoms with Crippen molar-refractivity contribution in [2.24, 2.45) is 0 Å². The molecule has 0 saturated carbocycles. The van der Waals surface area contributed by atoms with Gasteiger partial charge < -0.3 is 8.98 Å². The van der Waals surface area contributed by atoms with Crippen molar-refractivity contribution < 1.29 is 4.42 Å². The summed E-state index contributed by atoms with van der Waals surface area (Å²) in [6.45, 7) is 2.16. The second-order valence-electron chi connectivity index (χ2n) is 7.23. The lowest BCUT2D eigenvalue weighted by Gasteiger charge is -2.14. The Bertz CT molecular complexity index is 1520. The molecule has 138 valence electrons. The molecule has 0 saturated heterocycles. The zero-order valence-electron chi connectivity index (χ0n) is 15.8. The maximum absolute atomic E-state index is 5.63. The zero-order valence-corrected chi connectivity index (χ0v) is 15.8. The van der Waals surface area contributed by atoms with Crippen LogP contribution in [0.4, 0.5) is 0 Å². The maximum atomic E-state index is 5.63. The molecule has 0 unspecified atom stereocenters. The van der Waals surface area contributed by atoms with Gasteiger partial charge >= 0.3 is 0 Å². The van der Waals surface area contributed by atoms with E-state index in [1.807, 2.05) is 36.7 Å². The smallest absolute Gasteiger partial charge is 0.135 e. The average Bonchev–Trinajstić information content (AvgIpc) is 3.38. The zero-order chi connectivity index (χ0) is 19.4. The lowest BCUT2D eigenvalue weighted by Crippen LogP contribution is -1.98. The predicted molar refractivity (Wildman–Crippen MR) is 116 cm³/mol. The fraction of sp³-hybridized carbons (Fsp3) is 0.0400. The number of hydrogen-bond acceptors (Lipinski definition) is 3. The molecular weight excluding hydrogens is 358 g/mol. The van der Waals surface area contributed by atoms with Crippen LogP contribution in [0.25, 0.3) is 49.7 Å². The highest BCUT2D eigenvalue weighted by molar-refractivity contribution is 5.96. The maximum Gasteiger partial charge on any atom is 0.135 e. The van der Waals surface area contributed by atoms with E-state index in [-0.39, 0.29) is 0 Å². The van der Waals surface area contributed by atoms with Gasteiger partial charge in [0.05, 0.1) is 22.8 Å². The molecule has 0 aliphatic carbocycles. The first-order valence-electron chi connectivity index (χ1n) is 9.58. The quantitative estimate of drug-likeness (QED) is 0.357. The second kappa shape index (κ2) is 6.04. The summed E-state index contributed by atoms with van der Waals surface area (Å²) in [4.78, 5) is 9.04. The van der Waals surface area contributed by atoms with Gasteiger partial charge in [0.15, 0.2) is 0 Å². The van der Waals surface area contributed by atoms with E-state index >= 15 is 0 Å². The molecule has 4 heteroatoms. The minimum atomic E-state index is 0.899. The van der Waals surface area contributed by atoms with Crippen LogP contribution in [-0.2, 0) is 0 Å². The van der Waals surface area contributed by atoms with Crippen LogP contribution in [0.3, 0.4) is 0 Å². The molecule has 0 aliphatic rings. The van der Waals surface area contributed by atoms with Gasteiger partial charge in [-0.3, -0.25) is 9.97 Å². The SMILES string of the molecule is Cc1c(-c2ccnc3cccnc23)cccc1-n1ccc2cc3ccoc3cc21. The normalized spacial score (nSPS) is 11.6. The average molecular weight is 375 g/mol. The molecule has 29 heavy (non-hydrogen) atoms. The standard InChI is InChI=1S/C25H17N3O/c1-16-19(20-7-11-26-21-5-3-10-27-25(20)21)4-2-6-22(16)28-12-8-17-14-18-9-13-29-24(18)15-23(17)28/h2-15H,1H3. The Kier molecular flexibility index (Phi) is 3.35. The van der Waals surface area contributed by atoms with Gasteiger partial charge in [0.25, 0.3) is 0 Å². The Morgan fingerprint density at radius 1 is 0.828 bits per heavy atom. The van der Waals surface area contributed by atoms with Crippen LogP contribution in [0.5, 0.6) is 0 Å². The highest BCUT2D eigenvalue weighted by Crippen LogP contribution is 2.33. The van der Waals surface area contributed by atoms with Crippen LogP contribution in [0, 0.1) is 6.92 Å². The fourth-order valence-corrected chi connectivity index (χ4v) is 4.18. The largest absolute Gasteiger partial charge is 0.464 e. The number of fused-ring (bicyclic) bond motifs is 3. The Hall–Kier alpha value is -3.92. The Balaban J connectivity index is 1.60. The summed E-state index contributed by atoms with van der Waals surface area (Å²) >= 11 is 0. The van der Waals surface area contributed by atoms with Crippen LogP contribution in [0.15, 0.2) is 89.9 Å². The molecule has 6 rings (SSSR count). The summed E-state index contributed by atoms with van der Waals surface area (Å²) in [5.74, 6) is 0. The molecule has 0 fully saturated rings. The van der Waals surface area contributed by atoms with Crippen molar-refractivity contribution in [2.45, 2.75) is 6.92 Å². The fourth-order valence-electron chi connectivity index (χ4n) is 4.18. The lowest BCUT2D eigenvalue weighted by atomic mass is 9.98. The first-order chi connectivity index (χ1) is 14.3. The van der Waals surface area contributed by atoms with Crippen LogP contribution in [-0.4, -0.2) is 14.5 Å². The third kappa shape index (κ3) is 2.39. The molecule has 0 radical (unpaired) electrons. The summed E-state index contributed by atoms with van der Waals surface area (Å²) in [5, 5.41) is 2.31. The van der Waals surface area contributed by atoms with Crippen molar-refractivity contribution in [3.05, 3.63) is 91.1 Å². The minimum absolute atomic E-state index is 0.899. The van der Waals surface area contributed by atoms with Gasteiger partial charge in [-0.15, -0.1) is 0 Å². The summed E-state index contributed by atoms with van der Waals surface area (Å²) in [7, 11) is 0.